The number of nitrogens with one attached hydrogen (secondary N) is 1. The standard InChI is InChI=1S/C15H22N4O3/c1-11(2)15(3,4)18-14(20)19(5-12-7-21-9-16-12)6-13-8-22-10-17-13/h7-11H,5-6H2,1-4H3,(H,18,20). The van der Waals surface area contributed by atoms with Gasteiger partial charge in [0.2, 0.25) is 0 Å². The van der Waals surface area contributed by atoms with Crippen LogP contribution in [0.25, 0.3) is 0 Å². The van der Waals surface area contributed by atoms with Crippen molar-refractivity contribution in [2.75, 3.05) is 0 Å². The lowest BCUT2D eigenvalue weighted by Crippen LogP contribution is -2.52. The summed E-state index contributed by atoms with van der Waals surface area (Å²) < 4.78 is 9.93. The van der Waals surface area contributed by atoms with E-state index in [4.69, 9.17) is 8.83 Å². The summed E-state index contributed by atoms with van der Waals surface area (Å²) in [7, 11) is 0. The molecule has 7 heteroatoms. The average molecular weight is 306 g/mol. The van der Waals surface area contributed by atoms with Gasteiger partial charge in [0.25, 0.3) is 0 Å². The van der Waals surface area contributed by atoms with Crippen molar-refractivity contribution in [2.24, 2.45) is 5.92 Å². The fourth-order valence-electron chi connectivity index (χ4n) is 1.72. The highest BCUT2D eigenvalue weighted by molar-refractivity contribution is 5.75. The first-order valence-electron chi connectivity index (χ1n) is 7.19. The van der Waals surface area contributed by atoms with Crippen LogP contribution in [0.5, 0.6) is 0 Å². The summed E-state index contributed by atoms with van der Waals surface area (Å²) in [5.74, 6) is 0.303. The minimum atomic E-state index is -0.316. The second-order valence-electron chi connectivity index (χ2n) is 6.12. The Balaban J connectivity index is 2.10. The highest BCUT2D eigenvalue weighted by Gasteiger charge is 2.27. The molecule has 0 aromatic carbocycles. The second kappa shape index (κ2) is 6.64. The van der Waals surface area contributed by atoms with E-state index in [0.29, 0.717) is 30.4 Å². The van der Waals surface area contributed by atoms with Crippen molar-refractivity contribution in [3.05, 3.63) is 36.7 Å². The van der Waals surface area contributed by atoms with Crippen LogP contribution in [-0.4, -0.2) is 26.4 Å². The number of carbonyl (C=O) groups excluding carboxylic acids is 1. The maximum Gasteiger partial charge on any atom is 0.318 e. The largest absolute Gasteiger partial charge is 0.451 e. The van der Waals surface area contributed by atoms with Crippen LogP contribution in [0.1, 0.15) is 39.1 Å². The molecule has 22 heavy (non-hydrogen) atoms. The van der Waals surface area contributed by atoms with Crippen molar-refractivity contribution in [2.45, 2.75) is 46.3 Å². The number of rotatable bonds is 6. The van der Waals surface area contributed by atoms with Crippen LogP contribution < -0.4 is 5.32 Å². The summed E-state index contributed by atoms with van der Waals surface area (Å²) in [6.07, 6.45) is 5.74. The third-order valence-corrected chi connectivity index (χ3v) is 3.83. The first kappa shape index (κ1) is 16.1. The van der Waals surface area contributed by atoms with E-state index in [9.17, 15) is 4.79 Å². The summed E-state index contributed by atoms with van der Waals surface area (Å²) in [6, 6.07) is -0.176. The van der Waals surface area contributed by atoms with E-state index in [1.54, 1.807) is 4.90 Å². The molecule has 7 nitrogen and oxygen atoms in total. The highest BCUT2D eigenvalue weighted by Crippen LogP contribution is 2.17. The molecule has 2 aromatic heterocycles. The van der Waals surface area contributed by atoms with Gasteiger partial charge in [0.15, 0.2) is 12.8 Å². The maximum absolute atomic E-state index is 12.6. The average Bonchev–Trinajstić information content (AvgIpc) is 3.10. The number of aromatic nitrogens is 2. The predicted octanol–water partition coefficient (Wildman–Crippen LogP) is 2.81. The number of hydrogen-bond donors (Lipinski definition) is 1. The normalized spacial score (nSPS) is 11.7. The molecule has 0 saturated heterocycles. The van der Waals surface area contributed by atoms with E-state index in [1.807, 2.05) is 13.8 Å². The molecule has 2 rings (SSSR count). The molecular formula is C15H22N4O3. The molecule has 0 radical (unpaired) electrons. The molecule has 0 saturated carbocycles. The van der Waals surface area contributed by atoms with Gasteiger partial charge in [-0.15, -0.1) is 0 Å². The lowest BCUT2D eigenvalue weighted by molar-refractivity contribution is 0.171. The predicted molar refractivity (Wildman–Crippen MR) is 79.7 cm³/mol. The van der Waals surface area contributed by atoms with Gasteiger partial charge in [-0.3, -0.25) is 0 Å². The first-order valence-corrected chi connectivity index (χ1v) is 7.19. The van der Waals surface area contributed by atoms with Gasteiger partial charge in [-0.1, -0.05) is 13.8 Å². The molecule has 2 aromatic rings. The second-order valence-corrected chi connectivity index (χ2v) is 6.12. The Labute approximate surface area is 129 Å². The van der Waals surface area contributed by atoms with E-state index < -0.39 is 0 Å². The minimum absolute atomic E-state index is 0.176. The van der Waals surface area contributed by atoms with Crippen molar-refractivity contribution in [3.63, 3.8) is 0 Å². The van der Waals surface area contributed by atoms with E-state index >= 15 is 0 Å². The van der Waals surface area contributed by atoms with E-state index in [0.717, 1.165) is 0 Å². The monoisotopic (exact) mass is 306 g/mol. The number of urea groups is 1. The Morgan fingerprint density at radius 2 is 1.68 bits per heavy atom. The molecule has 0 aliphatic heterocycles. The summed E-state index contributed by atoms with van der Waals surface area (Å²) in [4.78, 5) is 22.4. The number of hydrogen-bond acceptors (Lipinski definition) is 5. The fourth-order valence-corrected chi connectivity index (χ4v) is 1.72. The smallest absolute Gasteiger partial charge is 0.318 e. The van der Waals surface area contributed by atoms with E-state index in [2.05, 4.69) is 29.1 Å². The molecule has 2 amide bonds. The lowest BCUT2D eigenvalue weighted by atomic mass is 9.91. The molecular weight excluding hydrogens is 284 g/mol. The Morgan fingerprint density at radius 1 is 1.18 bits per heavy atom. The topological polar surface area (TPSA) is 84.4 Å². The molecule has 0 aliphatic carbocycles. The minimum Gasteiger partial charge on any atom is -0.451 e. The summed E-state index contributed by atoms with van der Waals surface area (Å²) in [6.45, 7) is 8.81. The summed E-state index contributed by atoms with van der Waals surface area (Å²) in [5.41, 5.74) is 1.05. The zero-order valence-electron chi connectivity index (χ0n) is 13.4. The quantitative estimate of drug-likeness (QED) is 0.887. The Hall–Kier alpha value is -2.31. The van der Waals surface area contributed by atoms with E-state index in [1.165, 1.54) is 25.3 Å². The summed E-state index contributed by atoms with van der Waals surface area (Å²) in [5, 5.41) is 3.05. The molecule has 0 fully saturated rings. The molecule has 2 heterocycles. The van der Waals surface area contributed by atoms with Crippen LogP contribution in [0.4, 0.5) is 4.79 Å². The van der Waals surface area contributed by atoms with Gasteiger partial charge in [-0.05, 0) is 19.8 Å². The zero-order valence-corrected chi connectivity index (χ0v) is 13.4. The summed E-state index contributed by atoms with van der Waals surface area (Å²) >= 11 is 0. The Bertz CT molecular complexity index is 540. The Kier molecular flexibility index (Phi) is 4.85. The van der Waals surface area contributed by atoms with Crippen molar-refractivity contribution in [1.29, 1.82) is 0 Å². The third kappa shape index (κ3) is 4.09. The highest BCUT2D eigenvalue weighted by atomic mass is 16.3. The third-order valence-electron chi connectivity index (χ3n) is 3.83. The van der Waals surface area contributed by atoms with Gasteiger partial charge in [0, 0.05) is 5.54 Å². The van der Waals surface area contributed by atoms with Crippen molar-refractivity contribution >= 4 is 6.03 Å². The fraction of sp³-hybridized carbons (Fsp3) is 0.533. The van der Waals surface area contributed by atoms with Crippen LogP contribution >= 0.6 is 0 Å². The van der Waals surface area contributed by atoms with Gasteiger partial charge in [-0.25, -0.2) is 14.8 Å². The van der Waals surface area contributed by atoms with Crippen LogP contribution in [-0.2, 0) is 13.1 Å². The maximum atomic E-state index is 12.6. The van der Waals surface area contributed by atoms with Gasteiger partial charge in [0.1, 0.15) is 12.5 Å². The van der Waals surface area contributed by atoms with Crippen LogP contribution in [0.3, 0.4) is 0 Å². The number of carbonyl (C=O) groups is 1. The van der Waals surface area contributed by atoms with Gasteiger partial charge in [-0.2, -0.15) is 0 Å². The van der Waals surface area contributed by atoms with Gasteiger partial charge in [0.05, 0.1) is 24.5 Å². The number of oxazole rings is 2. The molecule has 0 aliphatic rings. The van der Waals surface area contributed by atoms with Gasteiger partial charge >= 0.3 is 6.03 Å². The zero-order chi connectivity index (χ0) is 16.2. The Morgan fingerprint density at radius 3 is 2.05 bits per heavy atom. The molecule has 0 spiro atoms. The van der Waals surface area contributed by atoms with Crippen molar-refractivity contribution in [3.8, 4) is 0 Å². The molecule has 120 valence electrons. The van der Waals surface area contributed by atoms with Crippen LogP contribution in [0.15, 0.2) is 34.1 Å². The van der Waals surface area contributed by atoms with Crippen molar-refractivity contribution in [1.82, 2.24) is 20.2 Å². The molecule has 0 bridgehead atoms. The molecule has 0 unspecified atom stereocenters. The lowest BCUT2D eigenvalue weighted by Gasteiger charge is -2.33. The van der Waals surface area contributed by atoms with Gasteiger partial charge < -0.3 is 19.1 Å². The van der Waals surface area contributed by atoms with Crippen molar-refractivity contribution < 1.29 is 13.6 Å². The molecule has 0 atom stereocenters. The van der Waals surface area contributed by atoms with E-state index in [-0.39, 0.29) is 11.6 Å². The van der Waals surface area contributed by atoms with Crippen LogP contribution in [0.2, 0.25) is 0 Å². The molecule has 1 N–H and O–H groups in total. The number of amides is 2. The SMILES string of the molecule is CC(C)C(C)(C)NC(=O)N(Cc1cocn1)Cc1cocn1. The number of nitrogens with zero attached hydrogens (tertiary/aromatic N) is 3. The van der Waals surface area contributed by atoms with Crippen LogP contribution in [0, 0.1) is 5.92 Å². The first-order chi connectivity index (χ1) is 10.4.